The highest BCUT2D eigenvalue weighted by Crippen LogP contribution is 2.39. The van der Waals surface area contributed by atoms with E-state index in [4.69, 9.17) is 5.11 Å². The number of hydrogen-bond donors (Lipinski definition) is 6. The Labute approximate surface area is 249 Å². The van der Waals surface area contributed by atoms with Crippen molar-refractivity contribution < 1.29 is 38.7 Å². The number of halogens is 3. The normalized spacial score (nSPS) is 15.4. The van der Waals surface area contributed by atoms with Crippen molar-refractivity contribution >= 4 is 21.8 Å². The van der Waals surface area contributed by atoms with Crippen LogP contribution in [0.25, 0.3) is 21.8 Å². The van der Waals surface area contributed by atoms with Gasteiger partial charge in [0.05, 0.1) is 18.3 Å². The van der Waals surface area contributed by atoms with Crippen LogP contribution in [0.2, 0.25) is 0 Å². The summed E-state index contributed by atoms with van der Waals surface area (Å²) in [5.74, 6) is 0. The van der Waals surface area contributed by atoms with Gasteiger partial charge in [0.25, 0.3) is 0 Å². The molecule has 2 heterocycles. The summed E-state index contributed by atoms with van der Waals surface area (Å²) in [4.78, 5) is 16.3. The van der Waals surface area contributed by atoms with Crippen LogP contribution >= 0.6 is 0 Å². The van der Waals surface area contributed by atoms with E-state index in [1.165, 1.54) is 0 Å². The van der Waals surface area contributed by atoms with Gasteiger partial charge in [0.2, 0.25) is 5.56 Å². The fourth-order valence-electron chi connectivity index (χ4n) is 6.00. The number of unbranched alkanes of at least 4 members (excludes halogenated alkanes) is 6. The Morgan fingerprint density at radius 1 is 0.930 bits per heavy atom. The quantitative estimate of drug-likeness (QED) is 0.128. The summed E-state index contributed by atoms with van der Waals surface area (Å²) in [6.45, 7) is 4.66. The van der Waals surface area contributed by atoms with Crippen LogP contribution in [0.1, 0.15) is 68.7 Å². The Balaban J connectivity index is 1.48. The third-order valence-corrected chi connectivity index (χ3v) is 8.30. The molecule has 0 aliphatic heterocycles. The monoisotopic (exact) mass is 613 g/mol. The smallest absolute Gasteiger partial charge is 0.394 e. The van der Waals surface area contributed by atoms with Gasteiger partial charge in [-0.1, -0.05) is 39.0 Å². The SMILES string of the molecule is CCc1c(C)c2c3c(C(F)(F)F)cc(=O)[nH]c3ccc2n1CCCCCCCCCN(C)C[C@H](O)[C@H](O)[C@@H](O)[C@@H](O)CO. The maximum absolute atomic E-state index is 13.9. The number of pyridine rings is 1. The van der Waals surface area contributed by atoms with E-state index in [0.717, 1.165) is 61.7 Å². The molecule has 6 N–H and O–H groups in total. The summed E-state index contributed by atoms with van der Waals surface area (Å²) >= 11 is 0. The molecule has 3 aromatic rings. The minimum atomic E-state index is -4.64. The summed E-state index contributed by atoms with van der Waals surface area (Å²) in [5.41, 5.74) is 1.07. The van der Waals surface area contributed by atoms with Crippen molar-refractivity contribution in [1.82, 2.24) is 14.5 Å². The summed E-state index contributed by atoms with van der Waals surface area (Å²) in [7, 11) is 1.80. The van der Waals surface area contributed by atoms with Crippen molar-refractivity contribution in [2.45, 2.75) is 102 Å². The largest absolute Gasteiger partial charge is 0.417 e. The lowest BCUT2D eigenvalue weighted by Crippen LogP contribution is -2.49. The number of nitrogens with one attached hydrogen (secondary N) is 1. The van der Waals surface area contributed by atoms with E-state index in [2.05, 4.69) is 9.55 Å². The molecule has 242 valence electrons. The molecule has 4 atom stereocenters. The summed E-state index contributed by atoms with van der Waals surface area (Å²) in [6.07, 6.45) is -3.03. The molecule has 43 heavy (non-hydrogen) atoms. The number of benzene rings is 1. The number of hydrogen-bond acceptors (Lipinski definition) is 7. The Morgan fingerprint density at radius 2 is 1.53 bits per heavy atom. The molecule has 1 aromatic carbocycles. The third-order valence-electron chi connectivity index (χ3n) is 8.30. The lowest BCUT2D eigenvalue weighted by atomic mass is 10.0. The molecule has 0 aliphatic rings. The molecule has 9 nitrogen and oxygen atoms in total. The maximum Gasteiger partial charge on any atom is 0.417 e. The number of aromatic amines is 1. The average Bonchev–Trinajstić information content (AvgIpc) is 3.24. The molecule has 0 bridgehead atoms. The van der Waals surface area contributed by atoms with Gasteiger partial charge in [0.15, 0.2) is 0 Å². The number of nitrogens with zero attached hydrogens (tertiary/aromatic N) is 2. The maximum atomic E-state index is 13.9. The van der Waals surface area contributed by atoms with E-state index < -0.39 is 48.3 Å². The number of alkyl halides is 3. The van der Waals surface area contributed by atoms with Crippen molar-refractivity contribution in [3.63, 3.8) is 0 Å². The van der Waals surface area contributed by atoms with E-state index >= 15 is 0 Å². The predicted molar refractivity (Wildman–Crippen MR) is 160 cm³/mol. The van der Waals surface area contributed by atoms with Crippen LogP contribution in [0.5, 0.6) is 0 Å². The van der Waals surface area contributed by atoms with Gasteiger partial charge < -0.3 is 40.0 Å². The second-order valence-corrected chi connectivity index (χ2v) is 11.5. The van der Waals surface area contributed by atoms with Crippen LogP contribution in [-0.4, -0.2) is 91.1 Å². The van der Waals surface area contributed by atoms with Gasteiger partial charge in [-0.05, 0) is 57.5 Å². The molecule has 3 rings (SSSR count). The lowest BCUT2D eigenvalue weighted by molar-refractivity contribution is -0.136. The van der Waals surface area contributed by atoms with Gasteiger partial charge in [-0.3, -0.25) is 4.79 Å². The van der Waals surface area contributed by atoms with Crippen molar-refractivity contribution in [2.75, 3.05) is 26.7 Å². The Bertz CT molecular complexity index is 1390. The number of aliphatic hydroxyl groups excluding tert-OH is 5. The van der Waals surface area contributed by atoms with Crippen LogP contribution in [0.3, 0.4) is 0 Å². The van der Waals surface area contributed by atoms with Gasteiger partial charge in [-0.2, -0.15) is 13.2 Å². The molecule has 0 amide bonds. The van der Waals surface area contributed by atoms with Gasteiger partial charge >= 0.3 is 6.18 Å². The molecule has 0 unspecified atom stereocenters. The fourth-order valence-corrected chi connectivity index (χ4v) is 6.00. The topological polar surface area (TPSA) is 142 Å². The Kier molecular flexibility index (Phi) is 12.6. The third kappa shape index (κ3) is 8.58. The van der Waals surface area contributed by atoms with E-state index in [0.29, 0.717) is 31.0 Å². The molecule has 0 aliphatic carbocycles. The van der Waals surface area contributed by atoms with Crippen molar-refractivity contribution in [1.29, 1.82) is 0 Å². The number of rotatable bonds is 17. The second kappa shape index (κ2) is 15.5. The molecule has 12 heteroatoms. The highest BCUT2D eigenvalue weighted by molar-refractivity contribution is 6.09. The molecule has 0 saturated carbocycles. The number of aliphatic hydroxyl groups is 5. The number of H-pyrrole nitrogens is 1. The highest BCUT2D eigenvalue weighted by Gasteiger charge is 2.35. The summed E-state index contributed by atoms with van der Waals surface area (Å²) in [6, 6.07) is 4.01. The number of aromatic nitrogens is 2. The Morgan fingerprint density at radius 3 is 2.14 bits per heavy atom. The number of aryl methyl sites for hydroxylation is 2. The van der Waals surface area contributed by atoms with Crippen LogP contribution in [0, 0.1) is 6.92 Å². The summed E-state index contributed by atoms with van der Waals surface area (Å²) in [5, 5.41) is 48.7. The number of fused-ring (bicyclic) bond motifs is 3. The first-order valence-corrected chi connectivity index (χ1v) is 15.1. The molecule has 0 spiro atoms. The second-order valence-electron chi connectivity index (χ2n) is 11.5. The van der Waals surface area contributed by atoms with E-state index in [1.54, 1.807) is 19.2 Å². The van der Waals surface area contributed by atoms with Crippen molar-refractivity contribution in [2.24, 2.45) is 0 Å². The minimum absolute atomic E-state index is 0.0463. The average molecular weight is 614 g/mol. The molecule has 0 saturated heterocycles. The van der Waals surface area contributed by atoms with Crippen LogP contribution < -0.4 is 5.56 Å². The minimum Gasteiger partial charge on any atom is -0.394 e. The van der Waals surface area contributed by atoms with Crippen molar-refractivity contribution in [3.05, 3.63) is 45.4 Å². The fraction of sp³-hybridized carbons (Fsp3) is 0.645. The van der Waals surface area contributed by atoms with Gasteiger partial charge in [-0.25, -0.2) is 0 Å². The number of likely N-dealkylation sites (N-methyl/N-ethyl adjacent to an activating group) is 1. The lowest BCUT2D eigenvalue weighted by Gasteiger charge is -2.28. The first-order chi connectivity index (χ1) is 20.3. The zero-order valence-electron chi connectivity index (χ0n) is 25.2. The van der Waals surface area contributed by atoms with Crippen LogP contribution in [-0.2, 0) is 19.1 Å². The van der Waals surface area contributed by atoms with Gasteiger partial charge in [0, 0.05) is 46.7 Å². The highest BCUT2D eigenvalue weighted by atomic mass is 19.4. The van der Waals surface area contributed by atoms with Gasteiger partial charge in [-0.15, -0.1) is 0 Å². The summed E-state index contributed by atoms with van der Waals surface area (Å²) < 4.78 is 43.9. The van der Waals surface area contributed by atoms with Crippen molar-refractivity contribution in [3.8, 4) is 0 Å². The molecule has 0 fully saturated rings. The zero-order chi connectivity index (χ0) is 31.9. The first-order valence-electron chi connectivity index (χ1n) is 15.1. The van der Waals surface area contributed by atoms with Crippen LogP contribution in [0.15, 0.2) is 23.0 Å². The van der Waals surface area contributed by atoms with Crippen LogP contribution in [0.4, 0.5) is 13.2 Å². The molecule has 0 radical (unpaired) electrons. The zero-order valence-corrected chi connectivity index (χ0v) is 25.2. The standard InChI is InChI=1S/C31H46F3N3O6/c1-4-22-19(2)27-23(13-12-21-28(27)20(31(32,33)34)16-26(41)35-21)37(22)15-11-9-7-5-6-8-10-14-36(3)17-24(39)29(42)30(43)25(40)18-38/h12-13,16,24-25,29-30,38-40,42-43H,4-11,14-15,17-18H2,1-3H3,(H,35,41)/t24-,25-,29-,30-/m0/s1. The molecular formula is C31H46F3N3O6. The van der Waals surface area contributed by atoms with E-state index in [-0.39, 0.29) is 17.4 Å². The first kappa shape index (κ1) is 35.0. The van der Waals surface area contributed by atoms with E-state index in [9.17, 15) is 38.4 Å². The Hall–Kier alpha value is -2.48. The van der Waals surface area contributed by atoms with Gasteiger partial charge in [0.1, 0.15) is 18.3 Å². The predicted octanol–water partition coefficient (Wildman–Crippen LogP) is 3.47. The molecule has 2 aromatic heterocycles. The van der Waals surface area contributed by atoms with E-state index in [1.807, 2.05) is 18.7 Å². The molecular weight excluding hydrogens is 567 g/mol.